The maximum atomic E-state index is 10.8. The highest BCUT2D eigenvalue weighted by molar-refractivity contribution is 6.10. The average Bonchev–Trinajstić information content (AvgIpc) is 3.27. The maximum absolute atomic E-state index is 10.8. The van der Waals surface area contributed by atoms with E-state index in [4.69, 9.17) is 4.98 Å². The Bertz CT molecular complexity index is 1900. The number of benzene rings is 4. The Labute approximate surface area is 207 Å². The number of fused-ring (bicyclic) bond motifs is 4. The molecule has 1 N–H and O–H groups in total. The molecule has 4 aromatic carbocycles. The zero-order valence-corrected chi connectivity index (χ0v) is 19.3. The molecule has 4 nitrogen and oxygen atoms in total. The fourth-order valence-electron chi connectivity index (χ4n) is 5.04. The van der Waals surface area contributed by atoms with Gasteiger partial charge in [-0.3, -0.25) is 9.55 Å². The summed E-state index contributed by atoms with van der Waals surface area (Å²) in [6.45, 7) is 0. The minimum Gasteiger partial charge on any atom is -0.507 e. The molecule has 3 aromatic heterocycles. The number of aromatic hydroxyl groups is 1. The molecular formula is C32H21N3O. The topological polar surface area (TPSA) is 50.9 Å². The molecule has 0 unspecified atom stereocenters. The van der Waals surface area contributed by atoms with Crippen LogP contribution in [0.3, 0.4) is 0 Å². The fourth-order valence-corrected chi connectivity index (χ4v) is 5.04. The molecule has 0 saturated heterocycles. The van der Waals surface area contributed by atoms with Crippen molar-refractivity contribution in [1.29, 1.82) is 0 Å². The van der Waals surface area contributed by atoms with Crippen molar-refractivity contribution in [3.63, 3.8) is 0 Å². The van der Waals surface area contributed by atoms with Crippen molar-refractivity contribution < 1.29 is 5.11 Å². The van der Waals surface area contributed by atoms with Gasteiger partial charge in [0.05, 0.1) is 22.4 Å². The quantitative estimate of drug-likeness (QED) is 0.291. The van der Waals surface area contributed by atoms with Gasteiger partial charge in [-0.1, -0.05) is 66.7 Å². The van der Waals surface area contributed by atoms with Crippen LogP contribution in [0.1, 0.15) is 0 Å². The summed E-state index contributed by atoms with van der Waals surface area (Å²) in [5.41, 5.74) is 5.56. The van der Waals surface area contributed by atoms with Crippen molar-refractivity contribution in [2.45, 2.75) is 0 Å². The largest absolute Gasteiger partial charge is 0.507 e. The van der Waals surface area contributed by atoms with E-state index in [-0.39, 0.29) is 5.75 Å². The Hall–Kier alpha value is -4.96. The summed E-state index contributed by atoms with van der Waals surface area (Å²) < 4.78 is 2.19. The molecule has 36 heavy (non-hydrogen) atoms. The number of phenols is 1. The maximum Gasteiger partial charge on any atom is 0.138 e. The van der Waals surface area contributed by atoms with Gasteiger partial charge in [0.25, 0.3) is 0 Å². The van der Waals surface area contributed by atoms with Gasteiger partial charge < -0.3 is 5.11 Å². The summed E-state index contributed by atoms with van der Waals surface area (Å²) in [5, 5.41) is 15.2. The summed E-state index contributed by atoms with van der Waals surface area (Å²) >= 11 is 0. The lowest BCUT2D eigenvalue weighted by atomic mass is 10.0. The van der Waals surface area contributed by atoms with Crippen LogP contribution in [0.4, 0.5) is 0 Å². The highest BCUT2D eigenvalue weighted by Gasteiger charge is 2.16. The lowest BCUT2D eigenvalue weighted by molar-refractivity contribution is 0.478. The first-order valence-corrected chi connectivity index (χ1v) is 11.9. The Kier molecular flexibility index (Phi) is 4.57. The SMILES string of the molecule is Oc1cc2ccccc2cc1-c1cccc(-n2c3ccccc3c3ccc(-c4ccccn4)cc32)n1. The summed E-state index contributed by atoms with van der Waals surface area (Å²) in [6.07, 6.45) is 1.82. The first kappa shape index (κ1) is 20.4. The molecule has 7 aromatic rings. The molecule has 0 aliphatic heterocycles. The van der Waals surface area contributed by atoms with Crippen molar-refractivity contribution >= 4 is 32.6 Å². The van der Waals surface area contributed by atoms with E-state index in [1.807, 2.05) is 72.9 Å². The number of rotatable bonds is 3. The first-order valence-electron chi connectivity index (χ1n) is 11.9. The first-order chi connectivity index (χ1) is 17.8. The average molecular weight is 464 g/mol. The smallest absolute Gasteiger partial charge is 0.138 e. The van der Waals surface area contributed by atoms with Crippen LogP contribution in [0.25, 0.3) is 60.9 Å². The van der Waals surface area contributed by atoms with E-state index in [1.54, 1.807) is 6.07 Å². The second kappa shape index (κ2) is 8.07. The van der Waals surface area contributed by atoms with E-state index >= 15 is 0 Å². The van der Waals surface area contributed by atoms with Gasteiger partial charge in [0, 0.05) is 28.1 Å². The van der Waals surface area contributed by atoms with Crippen molar-refractivity contribution in [3.05, 3.63) is 121 Å². The van der Waals surface area contributed by atoms with E-state index in [1.165, 1.54) is 5.39 Å². The van der Waals surface area contributed by atoms with E-state index < -0.39 is 0 Å². The molecule has 0 fully saturated rings. The Morgan fingerprint density at radius 2 is 1.33 bits per heavy atom. The van der Waals surface area contributed by atoms with Gasteiger partial charge >= 0.3 is 0 Å². The lowest BCUT2D eigenvalue weighted by Gasteiger charge is -2.11. The van der Waals surface area contributed by atoms with E-state index in [2.05, 4.69) is 52.0 Å². The standard InChI is InChI=1S/C32H21N3O/c36-31-20-22-9-2-1-8-21(22)18-26(31)28-12-7-14-32(34-28)35-29-13-4-3-10-24(29)25-16-15-23(19-30(25)35)27-11-5-6-17-33-27/h1-20,36H. The summed E-state index contributed by atoms with van der Waals surface area (Å²) in [4.78, 5) is 9.59. The molecule has 0 bridgehead atoms. The van der Waals surface area contributed by atoms with E-state index in [0.29, 0.717) is 5.56 Å². The number of para-hydroxylation sites is 1. The number of phenolic OH excluding ortho intramolecular Hbond substituents is 1. The normalized spacial score (nSPS) is 11.4. The predicted molar refractivity (Wildman–Crippen MR) is 146 cm³/mol. The zero-order valence-electron chi connectivity index (χ0n) is 19.3. The second-order valence-corrected chi connectivity index (χ2v) is 8.90. The number of hydrogen-bond donors (Lipinski definition) is 1. The molecule has 4 heteroatoms. The van der Waals surface area contributed by atoms with Crippen molar-refractivity contribution in [2.75, 3.05) is 0 Å². The third-order valence-electron chi connectivity index (χ3n) is 6.74. The second-order valence-electron chi connectivity index (χ2n) is 8.90. The summed E-state index contributed by atoms with van der Waals surface area (Å²) in [6, 6.07) is 38.6. The minimum absolute atomic E-state index is 0.220. The van der Waals surface area contributed by atoms with E-state index in [0.717, 1.165) is 50.0 Å². The molecule has 0 amide bonds. The lowest BCUT2D eigenvalue weighted by Crippen LogP contribution is -1.99. The monoisotopic (exact) mass is 463 g/mol. The van der Waals surface area contributed by atoms with Crippen LogP contribution in [0, 0.1) is 0 Å². The van der Waals surface area contributed by atoms with Crippen LogP contribution >= 0.6 is 0 Å². The highest BCUT2D eigenvalue weighted by Crippen LogP contribution is 2.36. The summed E-state index contributed by atoms with van der Waals surface area (Å²) in [5.74, 6) is 1.02. The molecule has 0 radical (unpaired) electrons. The third-order valence-corrected chi connectivity index (χ3v) is 6.74. The molecule has 0 atom stereocenters. The molecular weight excluding hydrogens is 442 g/mol. The van der Waals surface area contributed by atoms with Crippen LogP contribution in [0.15, 0.2) is 121 Å². The number of nitrogens with zero attached hydrogens (tertiary/aromatic N) is 3. The van der Waals surface area contributed by atoms with Gasteiger partial charge in [-0.2, -0.15) is 0 Å². The van der Waals surface area contributed by atoms with Crippen LogP contribution in [-0.4, -0.2) is 19.6 Å². The van der Waals surface area contributed by atoms with Gasteiger partial charge in [0.2, 0.25) is 0 Å². The molecule has 7 rings (SSSR count). The minimum atomic E-state index is 0.220. The zero-order chi connectivity index (χ0) is 24.1. The molecule has 3 heterocycles. The summed E-state index contributed by atoms with van der Waals surface area (Å²) in [7, 11) is 0. The third kappa shape index (κ3) is 3.23. The van der Waals surface area contributed by atoms with Crippen LogP contribution in [0.5, 0.6) is 5.75 Å². The molecule has 170 valence electrons. The number of aromatic nitrogens is 3. The molecule has 0 aliphatic rings. The van der Waals surface area contributed by atoms with Crippen molar-refractivity contribution in [1.82, 2.24) is 14.5 Å². The van der Waals surface area contributed by atoms with Crippen molar-refractivity contribution in [3.8, 4) is 34.1 Å². The van der Waals surface area contributed by atoms with Gasteiger partial charge in [-0.05, 0) is 59.3 Å². The molecule has 0 saturated carbocycles. The van der Waals surface area contributed by atoms with Crippen LogP contribution < -0.4 is 0 Å². The Balaban J connectivity index is 1.47. The highest BCUT2D eigenvalue weighted by atomic mass is 16.3. The molecule has 0 spiro atoms. The van der Waals surface area contributed by atoms with Crippen molar-refractivity contribution in [2.24, 2.45) is 0 Å². The van der Waals surface area contributed by atoms with Gasteiger partial charge in [-0.25, -0.2) is 4.98 Å². The van der Waals surface area contributed by atoms with Crippen LogP contribution in [-0.2, 0) is 0 Å². The molecule has 0 aliphatic carbocycles. The van der Waals surface area contributed by atoms with Gasteiger partial charge in [0.1, 0.15) is 11.6 Å². The predicted octanol–water partition coefficient (Wildman–Crippen LogP) is 7.77. The number of hydrogen-bond acceptors (Lipinski definition) is 3. The van der Waals surface area contributed by atoms with Crippen LogP contribution in [0.2, 0.25) is 0 Å². The van der Waals surface area contributed by atoms with Gasteiger partial charge in [0.15, 0.2) is 0 Å². The Morgan fingerprint density at radius 3 is 2.19 bits per heavy atom. The van der Waals surface area contributed by atoms with Gasteiger partial charge in [-0.15, -0.1) is 0 Å². The van der Waals surface area contributed by atoms with E-state index in [9.17, 15) is 5.11 Å². The fraction of sp³-hybridized carbons (Fsp3) is 0. The number of pyridine rings is 2. The Morgan fingerprint density at radius 1 is 0.583 bits per heavy atom.